The number of nitrogen functional groups attached to an aromatic ring is 1. The lowest BCUT2D eigenvalue weighted by atomic mass is 10.4. The van der Waals surface area contributed by atoms with Crippen LogP contribution >= 0.6 is 0 Å². The number of aromatic nitrogens is 2. The molecule has 1 aromatic rings. The van der Waals surface area contributed by atoms with Crippen molar-refractivity contribution in [2.45, 2.75) is 6.18 Å². The fraction of sp³-hybridized carbons (Fsp3) is 0.333. The highest BCUT2D eigenvalue weighted by molar-refractivity contribution is 5.84. The maximum Gasteiger partial charge on any atom is 0.437 e. The molecule has 0 aliphatic heterocycles. The Morgan fingerprint density at radius 2 is 2.07 bits per heavy atom. The van der Waals surface area contributed by atoms with Crippen LogP contribution in [-0.4, -0.2) is 20.6 Å². The third-order valence-electron chi connectivity index (χ3n) is 1.60. The number of nitrogens with two attached hydrogens (primary N) is 1. The van der Waals surface area contributed by atoms with Gasteiger partial charge in [0.05, 0.1) is 0 Å². The average Bonchev–Trinajstić information content (AvgIpc) is 2.28. The summed E-state index contributed by atoms with van der Waals surface area (Å²) in [4.78, 5) is 13.3. The van der Waals surface area contributed by atoms with Gasteiger partial charge in [0.1, 0.15) is 5.82 Å². The van der Waals surface area contributed by atoms with Crippen LogP contribution in [0, 0.1) is 0 Å². The Balaban J connectivity index is 3.37. The van der Waals surface area contributed by atoms with Gasteiger partial charge >= 0.3 is 12.1 Å². The lowest BCUT2D eigenvalue weighted by molar-refractivity contribution is -0.140. The van der Waals surface area contributed by atoms with Crippen LogP contribution < -0.4 is 5.73 Å². The number of anilines is 1. The molecule has 0 aromatic carbocycles. The van der Waals surface area contributed by atoms with E-state index in [4.69, 9.17) is 10.8 Å². The van der Waals surface area contributed by atoms with Gasteiger partial charge in [-0.2, -0.15) is 13.2 Å². The van der Waals surface area contributed by atoms with E-state index in [1.54, 1.807) is 0 Å². The number of rotatable bonds is 1. The van der Waals surface area contributed by atoms with Crippen molar-refractivity contribution in [1.29, 1.82) is 0 Å². The summed E-state index contributed by atoms with van der Waals surface area (Å²) in [6, 6.07) is 0. The summed E-state index contributed by atoms with van der Waals surface area (Å²) < 4.78 is 37.1. The van der Waals surface area contributed by atoms with Gasteiger partial charge in [-0.05, 0) is 0 Å². The predicted molar refractivity (Wildman–Crippen MR) is 39.6 cm³/mol. The summed E-state index contributed by atoms with van der Waals surface area (Å²) in [6.07, 6.45) is -4.74. The minimum absolute atomic E-state index is 0.672. The van der Waals surface area contributed by atoms with E-state index in [0.29, 0.717) is 4.57 Å². The molecule has 0 saturated carbocycles. The Bertz CT molecular complexity index is 382. The van der Waals surface area contributed by atoms with Crippen LogP contribution in [0.2, 0.25) is 0 Å². The number of nitrogens with zero attached hydrogens (tertiary/aromatic N) is 2. The van der Waals surface area contributed by atoms with Crippen LogP contribution in [-0.2, 0) is 13.2 Å². The van der Waals surface area contributed by atoms with Gasteiger partial charge in [0.25, 0.3) is 0 Å². The molecule has 1 aromatic heterocycles. The normalized spacial score (nSPS) is 11.7. The molecule has 78 valence electrons. The van der Waals surface area contributed by atoms with Crippen LogP contribution in [0.4, 0.5) is 19.0 Å². The highest BCUT2D eigenvalue weighted by Crippen LogP contribution is 2.32. The van der Waals surface area contributed by atoms with E-state index < -0.39 is 29.5 Å². The van der Waals surface area contributed by atoms with E-state index in [-0.39, 0.29) is 0 Å². The molecule has 3 N–H and O–H groups in total. The van der Waals surface area contributed by atoms with E-state index in [9.17, 15) is 18.0 Å². The van der Waals surface area contributed by atoms with Crippen LogP contribution in [0.25, 0.3) is 0 Å². The summed E-state index contributed by atoms with van der Waals surface area (Å²) in [6.45, 7) is 0. The van der Waals surface area contributed by atoms with E-state index in [2.05, 4.69) is 4.98 Å². The Hall–Kier alpha value is -1.73. The largest absolute Gasteiger partial charge is 0.475 e. The third kappa shape index (κ3) is 1.50. The van der Waals surface area contributed by atoms with Crippen LogP contribution in [0.15, 0.2) is 0 Å². The zero-order chi connectivity index (χ0) is 11.1. The first-order valence-corrected chi connectivity index (χ1v) is 3.37. The minimum Gasteiger partial charge on any atom is -0.475 e. The first-order valence-electron chi connectivity index (χ1n) is 3.37. The second kappa shape index (κ2) is 2.89. The van der Waals surface area contributed by atoms with Gasteiger partial charge in [0.2, 0.25) is 5.82 Å². The zero-order valence-electron chi connectivity index (χ0n) is 6.96. The summed E-state index contributed by atoms with van der Waals surface area (Å²) in [5.41, 5.74) is 3.67. The maximum atomic E-state index is 12.2. The predicted octanol–water partition coefficient (Wildman–Crippen LogP) is 0.719. The lowest BCUT2D eigenvalue weighted by Gasteiger charge is -2.03. The van der Waals surface area contributed by atoms with Gasteiger partial charge in [-0.3, -0.25) is 0 Å². The van der Waals surface area contributed by atoms with Crippen molar-refractivity contribution in [1.82, 2.24) is 9.55 Å². The van der Waals surface area contributed by atoms with Crippen molar-refractivity contribution >= 4 is 11.8 Å². The fourth-order valence-electron chi connectivity index (χ4n) is 0.911. The number of carbonyl (C=O) groups is 1. The van der Waals surface area contributed by atoms with Gasteiger partial charge in [-0.25, -0.2) is 9.78 Å². The first kappa shape index (κ1) is 10.4. The number of halogens is 3. The van der Waals surface area contributed by atoms with E-state index in [1.807, 2.05) is 0 Å². The second-order valence-electron chi connectivity index (χ2n) is 2.53. The van der Waals surface area contributed by atoms with Gasteiger partial charge in [0.15, 0.2) is 5.69 Å². The molecule has 14 heavy (non-hydrogen) atoms. The number of alkyl halides is 3. The highest BCUT2D eigenvalue weighted by Gasteiger charge is 2.38. The Morgan fingerprint density at radius 1 is 1.57 bits per heavy atom. The molecule has 0 amide bonds. The average molecular weight is 209 g/mol. The molecular weight excluding hydrogens is 203 g/mol. The minimum atomic E-state index is -4.74. The molecule has 1 heterocycles. The molecule has 5 nitrogen and oxygen atoms in total. The number of carboxylic acids is 1. The van der Waals surface area contributed by atoms with Gasteiger partial charge in [0, 0.05) is 7.05 Å². The van der Waals surface area contributed by atoms with Crippen LogP contribution in [0.1, 0.15) is 16.3 Å². The Labute approximate surface area is 76.0 Å². The third-order valence-corrected chi connectivity index (χ3v) is 1.60. The van der Waals surface area contributed by atoms with Crippen molar-refractivity contribution in [3.8, 4) is 0 Å². The monoisotopic (exact) mass is 209 g/mol. The topological polar surface area (TPSA) is 81.1 Å². The number of hydrogen-bond donors (Lipinski definition) is 2. The van der Waals surface area contributed by atoms with E-state index >= 15 is 0 Å². The molecule has 0 aliphatic rings. The molecule has 0 spiro atoms. The quantitative estimate of drug-likeness (QED) is 0.713. The van der Waals surface area contributed by atoms with Crippen molar-refractivity contribution in [3.63, 3.8) is 0 Å². The number of aromatic carboxylic acids is 1. The van der Waals surface area contributed by atoms with Gasteiger partial charge in [-0.1, -0.05) is 0 Å². The zero-order valence-corrected chi connectivity index (χ0v) is 6.96. The van der Waals surface area contributed by atoms with Crippen molar-refractivity contribution in [2.24, 2.45) is 7.05 Å². The summed E-state index contributed by atoms with van der Waals surface area (Å²) in [7, 11) is 1.10. The molecule has 0 unspecified atom stereocenters. The van der Waals surface area contributed by atoms with Crippen molar-refractivity contribution in [3.05, 3.63) is 11.5 Å². The van der Waals surface area contributed by atoms with Gasteiger partial charge < -0.3 is 15.4 Å². The molecule has 8 heteroatoms. The standard InChI is InChI=1S/C6H6F3N3O2/c1-12-3(10)2(6(7,8)9)11-4(12)5(13)14/h10H2,1H3,(H,13,14). The summed E-state index contributed by atoms with van der Waals surface area (Å²) in [5, 5.41) is 8.46. The SMILES string of the molecule is Cn1c(C(=O)O)nc(C(F)(F)F)c1N. The molecule has 0 atom stereocenters. The second-order valence-corrected chi connectivity index (χ2v) is 2.53. The van der Waals surface area contributed by atoms with Crippen molar-refractivity contribution < 1.29 is 23.1 Å². The summed E-state index contributed by atoms with van der Waals surface area (Å²) >= 11 is 0. The fourth-order valence-corrected chi connectivity index (χ4v) is 0.911. The lowest BCUT2D eigenvalue weighted by Crippen LogP contribution is -2.09. The molecule has 0 bridgehead atoms. The van der Waals surface area contributed by atoms with Crippen molar-refractivity contribution in [2.75, 3.05) is 5.73 Å². The molecule has 1 rings (SSSR count). The number of imidazole rings is 1. The molecule has 0 radical (unpaired) electrons. The van der Waals surface area contributed by atoms with E-state index in [0.717, 1.165) is 7.05 Å². The Morgan fingerprint density at radius 3 is 2.29 bits per heavy atom. The molecule has 0 saturated heterocycles. The summed E-state index contributed by atoms with van der Waals surface area (Å²) in [5.74, 6) is -3.01. The Kier molecular flexibility index (Phi) is 2.14. The van der Waals surface area contributed by atoms with Crippen LogP contribution in [0.5, 0.6) is 0 Å². The van der Waals surface area contributed by atoms with Crippen LogP contribution in [0.3, 0.4) is 0 Å². The number of carboxylic acid groups (broad SMARTS) is 1. The van der Waals surface area contributed by atoms with Gasteiger partial charge in [-0.15, -0.1) is 0 Å². The number of hydrogen-bond acceptors (Lipinski definition) is 3. The van der Waals surface area contributed by atoms with E-state index in [1.165, 1.54) is 0 Å². The molecule has 0 aliphatic carbocycles. The first-order chi connectivity index (χ1) is 6.25. The molecular formula is C6H6F3N3O2. The highest BCUT2D eigenvalue weighted by atomic mass is 19.4. The maximum absolute atomic E-state index is 12.2. The smallest absolute Gasteiger partial charge is 0.437 e. The molecule has 0 fully saturated rings.